The Balaban J connectivity index is 3.01. The average molecular weight is 365 g/mol. The number of hydrogen-bond acceptors (Lipinski definition) is 0. The van der Waals surface area contributed by atoms with E-state index in [2.05, 4.69) is 26.0 Å². The second-order valence-electron chi connectivity index (χ2n) is 8.41. The van der Waals surface area contributed by atoms with Crippen molar-refractivity contribution in [3.63, 3.8) is 0 Å². The highest BCUT2D eigenvalue weighted by Crippen LogP contribution is 2.14. The van der Waals surface area contributed by atoms with Gasteiger partial charge in [0.05, 0.1) is 0 Å². The third-order valence-electron chi connectivity index (χ3n) is 5.62. The van der Waals surface area contributed by atoms with Gasteiger partial charge in [-0.1, -0.05) is 142 Å². The van der Waals surface area contributed by atoms with E-state index in [0.717, 1.165) is 0 Å². The van der Waals surface area contributed by atoms with E-state index >= 15 is 0 Å². The molecule has 0 unspecified atom stereocenters. The highest BCUT2D eigenvalue weighted by atomic mass is 14.0. The molecule has 0 rings (SSSR count). The van der Waals surface area contributed by atoms with Gasteiger partial charge in [-0.2, -0.15) is 0 Å². The Labute approximate surface area is 167 Å². The SMILES string of the molecule is CCCCCCC=CCCCCCCCCCCCCCCCCCC. The fourth-order valence-corrected chi connectivity index (χ4v) is 3.73. The summed E-state index contributed by atoms with van der Waals surface area (Å²) in [5.41, 5.74) is 0. The van der Waals surface area contributed by atoms with Crippen molar-refractivity contribution in [1.29, 1.82) is 0 Å². The van der Waals surface area contributed by atoms with Crippen molar-refractivity contribution >= 4 is 0 Å². The van der Waals surface area contributed by atoms with E-state index in [0.29, 0.717) is 0 Å². The lowest BCUT2D eigenvalue weighted by atomic mass is 10.0. The number of unbranched alkanes of at least 4 members (excludes halogenated alkanes) is 20. The summed E-state index contributed by atoms with van der Waals surface area (Å²) in [5.74, 6) is 0. The maximum absolute atomic E-state index is 2.43. The van der Waals surface area contributed by atoms with Crippen molar-refractivity contribution < 1.29 is 0 Å². The summed E-state index contributed by atoms with van der Waals surface area (Å²) in [5, 5.41) is 0. The minimum absolute atomic E-state index is 1.30. The van der Waals surface area contributed by atoms with Crippen molar-refractivity contribution in [2.24, 2.45) is 0 Å². The molecule has 0 saturated carbocycles. The third kappa shape index (κ3) is 23.7. The largest absolute Gasteiger partial charge is 0.0885 e. The molecule has 0 saturated heterocycles. The molecule has 0 amide bonds. The van der Waals surface area contributed by atoms with Crippen LogP contribution in [0.5, 0.6) is 0 Å². The lowest BCUT2D eigenvalue weighted by molar-refractivity contribution is 0.530. The Hall–Kier alpha value is -0.260. The van der Waals surface area contributed by atoms with Crippen LogP contribution in [0, 0.1) is 0 Å². The summed E-state index contributed by atoms with van der Waals surface area (Å²) < 4.78 is 0. The molecule has 26 heavy (non-hydrogen) atoms. The lowest BCUT2D eigenvalue weighted by Crippen LogP contribution is -1.83. The monoisotopic (exact) mass is 364 g/mol. The Morgan fingerprint density at radius 2 is 0.538 bits per heavy atom. The first kappa shape index (κ1) is 25.7. The van der Waals surface area contributed by atoms with Crippen LogP contribution in [-0.2, 0) is 0 Å². The fourth-order valence-electron chi connectivity index (χ4n) is 3.73. The molecule has 0 atom stereocenters. The van der Waals surface area contributed by atoms with Gasteiger partial charge >= 0.3 is 0 Å². The van der Waals surface area contributed by atoms with E-state index in [9.17, 15) is 0 Å². The summed E-state index contributed by atoms with van der Waals surface area (Å²) >= 11 is 0. The van der Waals surface area contributed by atoms with Gasteiger partial charge < -0.3 is 0 Å². The molecule has 0 aliphatic carbocycles. The van der Waals surface area contributed by atoms with Gasteiger partial charge in [-0.15, -0.1) is 0 Å². The summed E-state index contributed by atoms with van der Waals surface area (Å²) in [4.78, 5) is 0. The standard InChI is InChI=1S/C26H52/c1-3-5-7-9-11-13-15-17-19-21-23-25-26-24-22-20-18-16-14-12-10-8-6-4-2/h13,15H,3-12,14,16-26H2,1-2H3. The maximum Gasteiger partial charge on any atom is -0.0351 e. The Kier molecular flexibility index (Phi) is 24.5. The second-order valence-corrected chi connectivity index (χ2v) is 8.41. The van der Waals surface area contributed by atoms with Crippen molar-refractivity contribution in [1.82, 2.24) is 0 Å². The number of rotatable bonds is 22. The van der Waals surface area contributed by atoms with Crippen molar-refractivity contribution in [2.45, 2.75) is 155 Å². The minimum atomic E-state index is 1.30. The van der Waals surface area contributed by atoms with Gasteiger partial charge in [-0.25, -0.2) is 0 Å². The smallest absolute Gasteiger partial charge is 0.0351 e. The summed E-state index contributed by atoms with van der Waals surface area (Å²) in [7, 11) is 0. The van der Waals surface area contributed by atoms with Crippen LogP contribution in [0.1, 0.15) is 155 Å². The molecule has 0 radical (unpaired) electrons. The molecule has 0 nitrogen and oxygen atoms in total. The molecule has 0 aliphatic rings. The molecule has 0 spiro atoms. The Morgan fingerprint density at radius 3 is 0.846 bits per heavy atom. The predicted octanol–water partition coefficient (Wildman–Crippen LogP) is 10.2. The van der Waals surface area contributed by atoms with Crippen LogP contribution in [-0.4, -0.2) is 0 Å². The molecule has 156 valence electrons. The van der Waals surface area contributed by atoms with Crippen molar-refractivity contribution in [3.8, 4) is 0 Å². The van der Waals surface area contributed by atoms with Crippen LogP contribution in [0.25, 0.3) is 0 Å². The number of allylic oxidation sites excluding steroid dienone is 2. The average Bonchev–Trinajstić information content (AvgIpc) is 2.66. The van der Waals surface area contributed by atoms with Gasteiger partial charge in [0.1, 0.15) is 0 Å². The summed E-state index contributed by atoms with van der Waals surface area (Å²) in [6.07, 6.45) is 36.4. The molecular formula is C26H52. The van der Waals surface area contributed by atoms with E-state index in [1.807, 2.05) is 0 Å². The molecular weight excluding hydrogens is 312 g/mol. The van der Waals surface area contributed by atoms with Gasteiger partial charge in [0.25, 0.3) is 0 Å². The first-order chi connectivity index (χ1) is 12.9. The maximum atomic E-state index is 2.43. The minimum Gasteiger partial charge on any atom is -0.0885 e. The second kappa shape index (κ2) is 24.7. The van der Waals surface area contributed by atoms with E-state index < -0.39 is 0 Å². The topological polar surface area (TPSA) is 0 Å². The molecule has 0 aliphatic heterocycles. The Morgan fingerprint density at radius 1 is 0.308 bits per heavy atom. The normalized spacial score (nSPS) is 11.6. The van der Waals surface area contributed by atoms with Crippen LogP contribution in [0.3, 0.4) is 0 Å². The fraction of sp³-hybridized carbons (Fsp3) is 0.923. The summed E-state index contributed by atoms with van der Waals surface area (Å²) in [6, 6.07) is 0. The van der Waals surface area contributed by atoms with Crippen LogP contribution < -0.4 is 0 Å². The highest BCUT2D eigenvalue weighted by Gasteiger charge is 1.94. The van der Waals surface area contributed by atoms with E-state index in [1.54, 1.807) is 0 Å². The van der Waals surface area contributed by atoms with Gasteiger partial charge in [0.2, 0.25) is 0 Å². The molecule has 0 aromatic heterocycles. The molecule has 0 fully saturated rings. The molecule has 0 heteroatoms. The van der Waals surface area contributed by atoms with Gasteiger partial charge in [0.15, 0.2) is 0 Å². The van der Waals surface area contributed by atoms with E-state index in [1.165, 1.54) is 141 Å². The van der Waals surface area contributed by atoms with Gasteiger partial charge in [0, 0.05) is 0 Å². The third-order valence-corrected chi connectivity index (χ3v) is 5.62. The zero-order chi connectivity index (χ0) is 19.0. The first-order valence-corrected chi connectivity index (χ1v) is 12.6. The van der Waals surface area contributed by atoms with Crippen molar-refractivity contribution in [2.75, 3.05) is 0 Å². The van der Waals surface area contributed by atoms with Gasteiger partial charge in [-0.05, 0) is 25.7 Å². The zero-order valence-corrected chi connectivity index (χ0v) is 18.7. The zero-order valence-electron chi connectivity index (χ0n) is 18.7. The van der Waals surface area contributed by atoms with Crippen molar-refractivity contribution in [3.05, 3.63) is 12.2 Å². The van der Waals surface area contributed by atoms with Crippen LogP contribution >= 0.6 is 0 Å². The van der Waals surface area contributed by atoms with Gasteiger partial charge in [-0.3, -0.25) is 0 Å². The quantitative estimate of drug-likeness (QED) is 0.132. The van der Waals surface area contributed by atoms with E-state index in [4.69, 9.17) is 0 Å². The predicted molar refractivity (Wildman–Crippen MR) is 122 cm³/mol. The first-order valence-electron chi connectivity index (χ1n) is 12.6. The summed E-state index contributed by atoms with van der Waals surface area (Å²) in [6.45, 7) is 4.59. The molecule has 0 heterocycles. The molecule has 0 aromatic rings. The van der Waals surface area contributed by atoms with Crippen LogP contribution in [0.15, 0.2) is 12.2 Å². The van der Waals surface area contributed by atoms with E-state index in [-0.39, 0.29) is 0 Å². The molecule has 0 aromatic carbocycles. The number of hydrogen-bond donors (Lipinski definition) is 0. The Bertz CT molecular complexity index is 253. The van der Waals surface area contributed by atoms with Crippen LogP contribution in [0.4, 0.5) is 0 Å². The lowest BCUT2D eigenvalue weighted by Gasteiger charge is -2.03. The molecule has 0 bridgehead atoms. The van der Waals surface area contributed by atoms with Crippen LogP contribution in [0.2, 0.25) is 0 Å². The highest BCUT2D eigenvalue weighted by molar-refractivity contribution is 4.81. The molecule has 0 N–H and O–H groups in total.